The fraction of sp³-hybridized carbons (Fsp3) is 0.292. The number of guanidine groups is 1. The normalized spacial score (nSPS) is 11.0. The third-order valence-corrected chi connectivity index (χ3v) is 4.78. The molecule has 3 aromatic rings. The molecule has 0 spiro atoms. The summed E-state index contributed by atoms with van der Waals surface area (Å²) in [6.45, 7) is 4.14. The van der Waals surface area contributed by atoms with Gasteiger partial charge >= 0.3 is 0 Å². The van der Waals surface area contributed by atoms with Crippen LogP contribution in [-0.4, -0.2) is 48.9 Å². The van der Waals surface area contributed by atoms with E-state index in [0.29, 0.717) is 12.1 Å². The number of carbonyl (C=O) groups is 1. The second-order valence-corrected chi connectivity index (χ2v) is 7.26. The summed E-state index contributed by atoms with van der Waals surface area (Å²) >= 11 is 0. The lowest BCUT2D eigenvalue weighted by Gasteiger charge is -2.13. The lowest BCUT2D eigenvalue weighted by Crippen LogP contribution is -2.38. The number of rotatable bonds is 7. The fourth-order valence-electron chi connectivity index (χ4n) is 3.24. The van der Waals surface area contributed by atoms with Gasteiger partial charge in [0.05, 0.1) is 12.1 Å². The van der Waals surface area contributed by atoms with Gasteiger partial charge in [-0.15, -0.1) is 24.0 Å². The van der Waals surface area contributed by atoms with E-state index in [1.54, 1.807) is 19.0 Å². The van der Waals surface area contributed by atoms with Crippen LogP contribution < -0.4 is 10.6 Å². The van der Waals surface area contributed by atoms with Crippen LogP contribution in [-0.2, 0) is 13.0 Å². The largest absolute Gasteiger partial charge is 0.357 e. The first-order valence-electron chi connectivity index (χ1n) is 10.2. The van der Waals surface area contributed by atoms with Crippen molar-refractivity contribution in [3.8, 4) is 0 Å². The number of hydrogen-bond donors (Lipinski definition) is 2. The van der Waals surface area contributed by atoms with E-state index in [1.165, 1.54) is 0 Å². The van der Waals surface area contributed by atoms with Crippen molar-refractivity contribution in [2.45, 2.75) is 19.9 Å². The van der Waals surface area contributed by atoms with Crippen molar-refractivity contribution in [1.29, 1.82) is 0 Å². The van der Waals surface area contributed by atoms with Crippen LogP contribution in [0.4, 0.5) is 0 Å². The zero-order valence-corrected chi connectivity index (χ0v) is 20.6. The minimum absolute atomic E-state index is 0. The first-order valence-corrected chi connectivity index (χ1v) is 10.2. The Morgan fingerprint density at radius 1 is 1.06 bits per heavy atom. The third-order valence-electron chi connectivity index (χ3n) is 4.78. The number of aliphatic imine (C=N–C) groups is 1. The van der Waals surface area contributed by atoms with Gasteiger partial charge in [0.2, 0.25) is 0 Å². The fourth-order valence-corrected chi connectivity index (χ4v) is 3.24. The second kappa shape index (κ2) is 12.2. The molecule has 2 aromatic carbocycles. The van der Waals surface area contributed by atoms with Crippen LogP contribution in [0, 0.1) is 0 Å². The number of carbonyl (C=O) groups excluding carboxylic acids is 1. The van der Waals surface area contributed by atoms with E-state index < -0.39 is 0 Å². The summed E-state index contributed by atoms with van der Waals surface area (Å²) in [5.74, 6) is 0.795. The van der Waals surface area contributed by atoms with Crippen molar-refractivity contribution < 1.29 is 4.79 Å². The van der Waals surface area contributed by atoms with Crippen molar-refractivity contribution in [3.05, 3.63) is 77.5 Å². The Morgan fingerprint density at radius 3 is 2.65 bits per heavy atom. The minimum Gasteiger partial charge on any atom is -0.357 e. The molecule has 0 fully saturated rings. The number of nitrogens with one attached hydrogen (secondary N) is 2. The summed E-state index contributed by atoms with van der Waals surface area (Å²) in [6, 6.07) is 17.9. The zero-order valence-electron chi connectivity index (χ0n) is 18.3. The summed E-state index contributed by atoms with van der Waals surface area (Å²) in [6.07, 6.45) is 2.63. The lowest BCUT2D eigenvalue weighted by molar-refractivity contribution is 0.0827. The molecule has 0 saturated heterocycles. The summed E-state index contributed by atoms with van der Waals surface area (Å²) in [5, 5.41) is 7.81. The number of amides is 1. The standard InChI is InChI=1S/C24H29N5O.HI/c1-4-25-24(28-17-20-13-15-26-22-11-6-5-10-21(20)22)27-14-12-18-8-7-9-19(16-18)23(30)29(2)3;/h5-11,13,15-16H,4,12,14,17H2,1-3H3,(H2,25,27,28);1H. The molecule has 0 aliphatic carbocycles. The molecule has 0 radical (unpaired) electrons. The Hall–Kier alpha value is -2.68. The molecule has 0 bridgehead atoms. The molecule has 1 amide bonds. The first-order chi connectivity index (χ1) is 14.6. The molecule has 0 aliphatic heterocycles. The van der Waals surface area contributed by atoms with Gasteiger partial charge in [0, 0.05) is 44.3 Å². The Bertz CT molecular complexity index is 1030. The van der Waals surface area contributed by atoms with E-state index in [9.17, 15) is 4.79 Å². The van der Waals surface area contributed by atoms with Crippen LogP contribution in [0.15, 0.2) is 65.8 Å². The number of pyridine rings is 1. The van der Waals surface area contributed by atoms with Crippen LogP contribution in [0.3, 0.4) is 0 Å². The number of hydrogen-bond acceptors (Lipinski definition) is 3. The Morgan fingerprint density at radius 2 is 1.87 bits per heavy atom. The summed E-state index contributed by atoms with van der Waals surface area (Å²) in [5.41, 5.74) is 3.96. The maximum absolute atomic E-state index is 12.2. The molecular formula is C24H30IN5O. The Balaban J connectivity index is 0.00000341. The lowest BCUT2D eigenvalue weighted by atomic mass is 10.1. The maximum Gasteiger partial charge on any atom is 0.253 e. The number of para-hydroxylation sites is 1. The molecule has 0 unspecified atom stereocenters. The molecule has 1 aromatic heterocycles. The van der Waals surface area contributed by atoms with Gasteiger partial charge in [0.1, 0.15) is 0 Å². The number of aromatic nitrogens is 1. The van der Waals surface area contributed by atoms with Crippen LogP contribution >= 0.6 is 24.0 Å². The van der Waals surface area contributed by atoms with Crippen LogP contribution in [0.25, 0.3) is 10.9 Å². The van der Waals surface area contributed by atoms with Crippen molar-refractivity contribution >= 4 is 46.7 Å². The molecule has 7 heteroatoms. The highest BCUT2D eigenvalue weighted by Gasteiger charge is 2.08. The molecule has 164 valence electrons. The average Bonchev–Trinajstić information content (AvgIpc) is 2.77. The van der Waals surface area contributed by atoms with Gasteiger partial charge in [-0.25, -0.2) is 4.99 Å². The zero-order chi connectivity index (χ0) is 21.3. The van der Waals surface area contributed by atoms with Gasteiger partial charge in [0.25, 0.3) is 5.91 Å². The maximum atomic E-state index is 12.2. The van der Waals surface area contributed by atoms with E-state index in [1.807, 2.05) is 54.7 Å². The predicted molar refractivity (Wildman–Crippen MR) is 138 cm³/mol. The molecule has 0 saturated carbocycles. The third kappa shape index (κ3) is 6.92. The molecule has 2 N–H and O–H groups in total. The summed E-state index contributed by atoms with van der Waals surface area (Å²) in [7, 11) is 3.53. The van der Waals surface area contributed by atoms with E-state index in [-0.39, 0.29) is 29.9 Å². The first kappa shape index (κ1) is 24.6. The van der Waals surface area contributed by atoms with Gasteiger partial charge in [-0.1, -0.05) is 30.3 Å². The number of fused-ring (bicyclic) bond motifs is 1. The van der Waals surface area contributed by atoms with Crippen molar-refractivity contribution in [2.24, 2.45) is 4.99 Å². The molecule has 31 heavy (non-hydrogen) atoms. The van der Waals surface area contributed by atoms with Crippen LogP contribution in [0.1, 0.15) is 28.4 Å². The van der Waals surface area contributed by atoms with Crippen LogP contribution in [0.2, 0.25) is 0 Å². The average molecular weight is 531 g/mol. The summed E-state index contributed by atoms with van der Waals surface area (Å²) in [4.78, 5) is 22.9. The van der Waals surface area contributed by atoms with Gasteiger partial charge in [-0.3, -0.25) is 9.78 Å². The molecular weight excluding hydrogens is 501 g/mol. The molecule has 3 rings (SSSR count). The van der Waals surface area contributed by atoms with E-state index in [2.05, 4.69) is 28.6 Å². The van der Waals surface area contributed by atoms with E-state index >= 15 is 0 Å². The van der Waals surface area contributed by atoms with E-state index in [4.69, 9.17) is 4.99 Å². The highest BCUT2D eigenvalue weighted by atomic mass is 127. The number of halogens is 1. The molecule has 0 atom stereocenters. The smallest absolute Gasteiger partial charge is 0.253 e. The van der Waals surface area contributed by atoms with Gasteiger partial charge < -0.3 is 15.5 Å². The highest BCUT2D eigenvalue weighted by molar-refractivity contribution is 14.0. The van der Waals surface area contributed by atoms with Gasteiger partial charge in [-0.05, 0) is 48.7 Å². The van der Waals surface area contributed by atoms with Crippen molar-refractivity contribution in [2.75, 3.05) is 27.2 Å². The second-order valence-electron chi connectivity index (χ2n) is 7.26. The minimum atomic E-state index is 0. The Labute approximate surface area is 201 Å². The number of nitrogens with zero attached hydrogens (tertiary/aromatic N) is 3. The molecule has 6 nitrogen and oxygen atoms in total. The quantitative estimate of drug-likeness (QED) is 0.276. The van der Waals surface area contributed by atoms with Crippen LogP contribution in [0.5, 0.6) is 0 Å². The Kier molecular flexibility index (Phi) is 9.71. The molecule has 0 aliphatic rings. The highest BCUT2D eigenvalue weighted by Crippen LogP contribution is 2.16. The monoisotopic (exact) mass is 531 g/mol. The van der Waals surface area contributed by atoms with Crippen molar-refractivity contribution in [3.63, 3.8) is 0 Å². The van der Waals surface area contributed by atoms with E-state index in [0.717, 1.165) is 47.5 Å². The van der Waals surface area contributed by atoms with Gasteiger partial charge in [-0.2, -0.15) is 0 Å². The molecule has 1 heterocycles. The van der Waals surface area contributed by atoms with Crippen molar-refractivity contribution in [1.82, 2.24) is 20.5 Å². The number of benzene rings is 2. The predicted octanol–water partition coefficient (Wildman–Crippen LogP) is 3.85. The summed E-state index contributed by atoms with van der Waals surface area (Å²) < 4.78 is 0. The topological polar surface area (TPSA) is 69.6 Å². The SMILES string of the molecule is CCNC(=NCc1ccnc2ccccc12)NCCc1cccc(C(=O)N(C)C)c1.I. The van der Waals surface area contributed by atoms with Gasteiger partial charge in [0.15, 0.2) is 5.96 Å².